The van der Waals surface area contributed by atoms with E-state index in [0.717, 1.165) is 22.5 Å². The Kier molecular flexibility index (Phi) is 4.12. The minimum absolute atomic E-state index is 0.396. The molecule has 0 bridgehead atoms. The maximum Gasteiger partial charge on any atom is 0.163 e. The SMILES string of the molecule is Cc1nc(-c2ccccc2Cl)nc(NC2=NCc3ncc(F)cc32)c1C. The topological polar surface area (TPSA) is 63.1 Å². The summed E-state index contributed by atoms with van der Waals surface area (Å²) in [5.74, 6) is 1.30. The highest BCUT2D eigenvalue weighted by molar-refractivity contribution is 6.33. The highest BCUT2D eigenvalue weighted by Gasteiger charge is 2.20. The molecule has 26 heavy (non-hydrogen) atoms. The van der Waals surface area contributed by atoms with E-state index in [1.165, 1.54) is 12.3 Å². The predicted octanol–water partition coefficient (Wildman–Crippen LogP) is 4.32. The summed E-state index contributed by atoms with van der Waals surface area (Å²) < 4.78 is 13.6. The van der Waals surface area contributed by atoms with Crippen LogP contribution in [0, 0.1) is 19.7 Å². The Hall–Kier alpha value is -2.86. The Morgan fingerprint density at radius 1 is 1.12 bits per heavy atom. The number of aromatic nitrogens is 3. The van der Waals surface area contributed by atoms with Gasteiger partial charge in [-0.25, -0.2) is 14.4 Å². The lowest BCUT2D eigenvalue weighted by Gasteiger charge is -2.13. The van der Waals surface area contributed by atoms with Crippen LogP contribution in [0.3, 0.4) is 0 Å². The molecular formula is C19H15ClFN5. The third-order valence-electron chi connectivity index (χ3n) is 4.32. The van der Waals surface area contributed by atoms with Gasteiger partial charge >= 0.3 is 0 Å². The summed E-state index contributed by atoms with van der Waals surface area (Å²) in [5.41, 5.74) is 3.86. The second kappa shape index (κ2) is 6.46. The van der Waals surface area contributed by atoms with Gasteiger partial charge in [0.15, 0.2) is 5.82 Å². The summed E-state index contributed by atoms with van der Waals surface area (Å²) in [6.45, 7) is 4.25. The average molecular weight is 368 g/mol. The first-order valence-electron chi connectivity index (χ1n) is 8.09. The Balaban J connectivity index is 1.75. The maximum absolute atomic E-state index is 13.6. The van der Waals surface area contributed by atoms with Crippen molar-refractivity contribution >= 4 is 23.3 Å². The fourth-order valence-corrected chi connectivity index (χ4v) is 2.99. The van der Waals surface area contributed by atoms with Crippen LogP contribution in [-0.2, 0) is 6.54 Å². The average Bonchev–Trinajstić information content (AvgIpc) is 3.01. The Morgan fingerprint density at radius 3 is 2.73 bits per heavy atom. The van der Waals surface area contributed by atoms with E-state index in [-0.39, 0.29) is 0 Å². The van der Waals surface area contributed by atoms with Gasteiger partial charge in [-0.2, -0.15) is 0 Å². The summed E-state index contributed by atoms with van der Waals surface area (Å²) in [4.78, 5) is 17.7. The molecular weight excluding hydrogens is 353 g/mol. The number of benzene rings is 1. The van der Waals surface area contributed by atoms with E-state index in [9.17, 15) is 4.39 Å². The van der Waals surface area contributed by atoms with Gasteiger partial charge in [0.2, 0.25) is 0 Å². The van der Waals surface area contributed by atoms with Crippen LogP contribution in [0.15, 0.2) is 41.5 Å². The van der Waals surface area contributed by atoms with Crippen LogP contribution >= 0.6 is 11.6 Å². The van der Waals surface area contributed by atoms with E-state index < -0.39 is 5.82 Å². The molecule has 4 rings (SSSR count). The van der Waals surface area contributed by atoms with Crippen LogP contribution in [0.25, 0.3) is 11.4 Å². The Morgan fingerprint density at radius 2 is 1.92 bits per heavy atom. The zero-order valence-corrected chi connectivity index (χ0v) is 15.0. The van der Waals surface area contributed by atoms with Crippen LogP contribution in [0.5, 0.6) is 0 Å². The number of halogens is 2. The van der Waals surface area contributed by atoms with E-state index >= 15 is 0 Å². The van der Waals surface area contributed by atoms with Crippen LogP contribution < -0.4 is 5.32 Å². The molecule has 0 amide bonds. The molecule has 7 heteroatoms. The first-order chi connectivity index (χ1) is 12.5. The van der Waals surface area contributed by atoms with Crippen LogP contribution in [0.1, 0.15) is 22.5 Å². The maximum atomic E-state index is 13.6. The van der Waals surface area contributed by atoms with Crippen molar-refractivity contribution in [2.24, 2.45) is 4.99 Å². The number of rotatable bonds is 2. The van der Waals surface area contributed by atoms with Gasteiger partial charge in [-0.15, -0.1) is 0 Å². The van der Waals surface area contributed by atoms with E-state index in [1.807, 2.05) is 32.0 Å². The number of anilines is 1. The molecule has 1 aromatic carbocycles. The van der Waals surface area contributed by atoms with E-state index in [4.69, 9.17) is 11.6 Å². The standard InChI is InChI=1S/C19H15ClFN5/c1-10-11(2)24-19(13-5-3-4-6-15(13)20)26-17(10)25-18-14-7-12(21)8-22-16(14)9-23-18/h3-8H,9H2,1-2H3,(H,23,24,25,26). The number of nitrogens with zero attached hydrogens (tertiary/aromatic N) is 4. The number of amidine groups is 1. The zero-order valence-electron chi connectivity index (χ0n) is 14.2. The van der Waals surface area contributed by atoms with Gasteiger partial charge in [-0.05, 0) is 32.0 Å². The molecule has 5 nitrogen and oxygen atoms in total. The minimum atomic E-state index is -0.396. The number of aryl methyl sites for hydroxylation is 1. The summed E-state index contributed by atoms with van der Waals surface area (Å²) in [6, 6.07) is 8.85. The second-order valence-corrected chi connectivity index (χ2v) is 6.43. The van der Waals surface area contributed by atoms with Crippen LogP contribution in [0.2, 0.25) is 5.02 Å². The molecule has 2 aromatic heterocycles. The fraction of sp³-hybridized carbons (Fsp3) is 0.158. The van der Waals surface area contributed by atoms with Crippen molar-refractivity contribution < 1.29 is 4.39 Å². The fourth-order valence-electron chi connectivity index (χ4n) is 2.77. The molecule has 0 saturated heterocycles. The van der Waals surface area contributed by atoms with Gasteiger partial charge in [-0.3, -0.25) is 9.98 Å². The number of hydrogen-bond donors (Lipinski definition) is 1. The lowest BCUT2D eigenvalue weighted by molar-refractivity contribution is 0.619. The molecule has 0 spiro atoms. The molecule has 0 aliphatic carbocycles. The van der Waals surface area contributed by atoms with Crippen molar-refractivity contribution in [3.8, 4) is 11.4 Å². The van der Waals surface area contributed by atoms with Crippen molar-refractivity contribution in [3.05, 3.63) is 69.9 Å². The molecule has 1 aliphatic rings. The number of nitrogens with one attached hydrogen (secondary N) is 1. The van der Waals surface area contributed by atoms with E-state index in [2.05, 4.69) is 25.3 Å². The molecule has 0 atom stereocenters. The van der Waals surface area contributed by atoms with Gasteiger partial charge in [0.25, 0.3) is 0 Å². The summed E-state index contributed by atoms with van der Waals surface area (Å²) in [7, 11) is 0. The molecule has 1 N–H and O–H groups in total. The monoisotopic (exact) mass is 367 g/mol. The van der Waals surface area contributed by atoms with Crippen molar-refractivity contribution in [1.29, 1.82) is 0 Å². The Labute approximate surface area is 155 Å². The van der Waals surface area contributed by atoms with Gasteiger partial charge in [-0.1, -0.05) is 23.7 Å². The highest BCUT2D eigenvalue weighted by atomic mass is 35.5. The van der Waals surface area contributed by atoms with Gasteiger partial charge in [0.05, 0.1) is 23.5 Å². The lowest BCUT2D eigenvalue weighted by Crippen LogP contribution is -2.15. The highest BCUT2D eigenvalue weighted by Crippen LogP contribution is 2.28. The largest absolute Gasteiger partial charge is 0.324 e. The molecule has 0 unspecified atom stereocenters. The first kappa shape index (κ1) is 16.6. The molecule has 0 fully saturated rings. The first-order valence-corrected chi connectivity index (χ1v) is 8.47. The minimum Gasteiger partial charge on any atom is -0.324 e. The number of hydrogen-bond acceptors (Lipinski definition) is 5. The number of fused-ring (bicyclic) bond motifs is 1. The van der Waals surface area contributed by atoms with Crippen LogP contribution in [0.4, 0.5) is 10.2 Å². The third kappa shape index (κ3) is 2.93. The van der Waals surface area contributed by atoms with E-state index in [0.29, 0.717) is 34.6 Å². The quantitative estimate of drug-likeness (QED) is 0.732. The predicted molar refractivity (Wildman–Crippen MR) is 100 cm³/mol. The molecule has 0 radical (unpaired) electrons. The van der Waals surface area contributed by atoms with Crippen molar-refractivity contribution in [2.45, 2.75) is 20.4 Å². The molecule has 130 valence electrons. The third-order valence-corrected chi connectivity index (χ3v) is 4.65. The van der Waals surface area contributed by atoms with Gasteiger partial charge < -0.3 is 5.32 Å². The Bertz CT molecular complexity index is 1050. The number of pyridine rings is 1. The smallest absolute Gasteiger partial charge is 0.163 e. The molecule has 1 aliphatic heterocycles. The molecule has 0 saturated carbocycles. The molecule has 3 aromatic rings. The van der Waals surface area contributed by atoms with Crippen molar-refractivity contribution in [2.75, 3.05) is 5.32 Å². The summed E-state index contributed by atoms with van der Waals surface area (Å²) in [5, 5.41) is 3.79. The number of aliphatic imine (C=N–C) groups is 1. The summed E-state index contributed by atoms with van der Waals surface area (Å²) >= 11 is 6.28. The zero-order chi connectivity index (χ0) is 18.3. The second-order valence-electron chi connectivity index (χ2n) is 6.02. The lowest BCUT2D eigenvalue weighted by atomic mass is 10.1. The van der Waals surface area contributed by atoms with E-state index in [1.54, 1.807) is 6.07 Å². The van der Waals surface area contributed by atoms with Gasteiger partial charge in [0, 0.05) is 22.4 Å². The van der Waals surface area contributed by atoms with Crippen molar-refractivity contribution in [1.82, 2.24) is 15.0 Å². The summed E-state index contributed by atoms with van der Waals surface area (Å²) in [6.07, 6.45) is 1.20. The normalized spacial score (nSPS) is 12.7. The van der Waals surface area contributed by atoms with Gasteiger partial charge in [0.1, 0.15) is 17.5 Å². The molecule has 3 heterocycles. The van der Waals surface area contributed by atoms with Crippen LogP contribution in [-0.4, -0.2) is 20.8 Å². The van der Waals surface area contributed by atoms with Crippen molar-refractivity contribution in [3.63, 3.8) is 0 Å².